The molecule has 1 aromatic heterocycles. The lowest BCUT2D eigenvalue weighted by Crippen LogP contribution is -2.31. The fraction of sp³-hybridized carbons (Fsp3) is 0.158. The fourth-order valence-corrected chi connectivity index (χ4v) is 3.84. The van der Waals surface area contributed by atoms with Crippen LogP contribution in [0.1, 0.15) is 23.6 Å². The third-order valence-electron chi connectivity index (χ3n) is 4.60. The summed E-state index contributed by atoms with van der Waals surface area (Å²) in [5.41, 5.74) is 10.5. The van der Waals surface area contributed by atoms with E-state index in [2.05, 4.69) is 70.1 Å². The molecule has 3 aromatic rings. The number of hydrogen-bond donors (Lipinski definition) is 1. The Labute approximate surface area is 160 Å². The first-order chi connectivity index (χ1) is 12.0. The summed E-state index contributed by atoms with van der Waals surface area (Å²) < 4.78 is 3.19. The van der Waals surface area contributed by atoms with E-state index in [-0.39, 0.29) is 6.04 Å². The number of hydrogen-bond acceptors (Lipinski definition) is 2. The molecule has 0 fully saturated rings. The van der Waals surface area contributed by atoms with Gasteiger partial charge in [-0.2, -0.15) is 5.10 Å². The monoisotopic (exact) mass is 412 g/mol. The average Bonchev–Trinajstić information content (AvgIpc) is 3.18. The predicted molar refractivity (Wildman–Crippen MR) is 110 cm³/mol. The molecule has 1 atom stereocenters. The first-order valence-corrected chi connectivity index (χ1v) is 9.21. The van der Waals surface area contributed by atoms with E-state index in [9.17, 15) is 0 Å². The summed E-state index contributed by atoms with van der Waals surface area (Å²) in [4.78, 5) is 0. The highest BCUT2D eigenvalue weighted by atomic mass is 79.9. The maximum atomic E-state index is 5.98. The number of aromatic nitrogens is 1. The highest BCUT2D eigenvalue weighted by molar-refractivity contribution is 9.10. The van der Waals surface area contributed by atoms with Gasteiger partial charge >= 0.3 is 0 Å². The molecule has 25 heavy (non-hydrogen) atoms. The van der Waals surface area contributed by atoms with Crippen molar-refractivity contribution < 1.29 is 0 Å². The Bertz CT molecular complexity index is 990. The Kier molecular flexibility index (Phi) is 4.09. The van der Waals surface area contributed by atoms with Crippen LogP contribution in [0.15, 0.2) is 64.3 Å². The zero-order chi connectivity index (χ0) is 17.6. The van der Waals surface area contributed by atoms with Crippen LogP contribution in [0.25, 0.3) is 10.9 Å². The second-order valence-corrected chi connectivity index (χ2v) is 7.50. The van der Waals surface area contributed by atoms with E-state index < -0.39 is 0 Å². The quantitative estimate of drug-likeness (QED) is 0.636. The molecule has 0 saturated carbocycles. The molecule has 0 saturated heterocycles. The molecular weight excluding hydrogens is 396 g/mol. The van der Waals surface area contributed by atoms with Crippen LogP contribution in [0.3, 0.4) is 0 Å². The molecular formula is C19H17BrN4S. The standard InChI is InChI=1S/C19H17BrN4S/c1-23-11-15(14-4-2-3-5-17(14)23)18-10-16(22-24(18)19(21)25)12-6-8-13(20)9-7-12/h2-9,11,18H,10H2,1H3,(H2,21,25). The SMILES string of the molecule is Cn1cc(C2CC(c3ccc(Br)cc3)=NN2C(N)=S)c2ccccc21. The number of rotatable bonds is 2. The summed E-state index contributed by atoms with van der Waals surface area (Å²) in [6.07, 6.45) is 2.92. The lowest BCUT2D eigenvalue weighted by molar-refractivity contribution is 0.374. The van der Waals surface area contributed by atoms with Gasteiger partial charge in [0.2, 0.25) is 0 Å². The Morgan fingerprint density at radius 2 is 1.92 bits per heavy atom. The highest BCUT2D eigenvalue weighted by Crippen LogP contribution is 2.37. The van der Waals surface area contributed by atoms with Crippen LogP contribution >= 0.6 is 28.1 Å². The second-order valence-electron chi connectivity index (χ2n) is 6.17. The number of halogens is 1. The lowest BCUT2D eigenvalue weighted by Gasteiger charge is -2.21. The van der Waals surface area contributed by atoms with E-state index >= 15 is 0 Å². The Balaban J connectivity index is 1.77. The van der Waals surface area contributed by atoms with Gasteiger partial charge in [-0.15, -0.1) is 0 Å². The topological polar surface area (TPSA) is 46.5 Å². The molecule has 126 valence electrons. The predicted octanol–water partition coefficient (Wildman–Crippen LogP) is 4.34. The molecule has 2 aromatic carbocycles. The van der Waals surface area contributed by atoms with Crippen molar-refractivity contribution in [3.63, 3.8) is 0 Å². The van der Waals surface area contributed by atoms with Crippen LogP contribution < -0.4 is 5.73 Å². The van der Waals surface area contributed by atoms with Crippen LogP contribution in [0, 0.1) is 0 Å². The van der Waals surface area contributed by atoms with Gasteiger partial charge in [-0.1, -0.05) is 46.3 Å². The normalized spacial score (nSPS) is 17.1. The summed E-state index contributed by atoms with van der Waals surface area (Å²) in [5.74, 6) is 0. The molecule has 0 amide bonds. The van der Waals surface area contributed by atoms with E-state index in [4.69, 9.17) is 23.1 Å². The van der Waals surface area contributed by atoms with Gasteiger partial charge < -0.3 is 10.3 Å². The molecule has 1 aliphatic heterocycles. The number of benzene rings is 2. The summed E-state index contributed by atoms with van der Waals surface area (Å²) in [6, 6.07) is 16.6. The minimum Gasteiger partial charge on any atom is -0.375 e. The van der Waals surface area contributed by atoms with Crippen LogP contribution in [-0.2, 0) is 7.05 Å². The van der Waals surface area contributed by atoms with Crippen LogP contribution in [-0.4, -0.2) is 20.4 Å². The molecule has 2 heterocycles. The zero-order valence-electron chi connectivity index (χ0n) is 13.7. The largest absolute Gasteiger partial charge is 0.375 e. The fourth-order valence-electron chi connectivity index (χ4n) is 3.41. The molecule has 0 spiro atoms. The second kappa shape index (κ2) is 6.28. The molecule has 0 aliphatic carbocycles. The molecule has 0 bridgehead atoms. The molecule has 4 rings (SSSR count). The summed E-state index contributed by atoms with van der Waals surface area (Å²) in [7, 11) is 2.06. The average molecular weight is 413 g/mol. The number of nitrogens with two attached hydrogens (primary N) is 1. The molecule has 4 nitrogen and oxygen atoms in total. The number of fused-ring (bicyclic) bond motifs is 1. The van der Waals surface area contributed by atoms with Gasteiger partial charge in [0.15, 0.2) is 5.11 Å². The number of aryl methyl sites for hydroxylation is 1. The third-order valence-corrected chi connectivity index (χ3v) is 5.32. The molecule has 2 N–H and O–H groups in total. The van der Waals surface area contributed by atoms with Gasteiger partial charge in [0, 0.05) is 40.6 Å². The zero-order valence-corrected chi connectivity index (χ0v) is 16.1. The van der Waals surface area contributed by atoms with E-state index in [1.165, 1.54) is 16.5 Å². The lowest BCUT2D eigenvalue weighted by atomic mass is 9.98. The van der Waals surface area contributed by atoms with Gasteiger partial charge in [-0.05, 0) is 36.0 Å². The third kappa shape index (κ3) is 2.85. The van der Waals surface area contributed by atoms with Gasteiger partial charge in [0.1, 0.15) is 0 Å². The first kappa shape index (κ1) is 16.3. The van der Waals surface area contributed by atoms with Gasteiger partial charge in [0.25, 0.3) is 0 Å². The van der Waals surface area contributed by atoms with Crippen LogP contribution in [0.2, 0.25) is 0 Å². The Morgan fingerprint density at radius 1 is 1.20 bits per heavy atom. The molecule has 6 heteroatoms. The van der Waals surface area contributed by atoms with E-state index in [1.807, 2.05) is 12.1 Å². The molecule has 1 aliphatic rings. The molecule has 1 unspecified atom stereocenters. The number of hydrazone groups is 1. The van der Waals surface area contributed by atoms with Gasteiger partial charge in [-0.25, -0.2) is 5.01 Å². The smallest absolute Gasteiger partial charge is 0.187 e. The number of para-hydroxylation sites is 1. The van der Waals surface area contributed by atoms with Crippen molar-refractivity contribution in [1.82, 2.24) is 9.58 Å². The molecule has 0 radical (unpaired) electrons. The van der Waals surface area contributed by atoms with Crippen LogP contribution in [0.5, 0.6) is 0 Å². The van der Waals surface area contributed by atoms with Gasteiger partial charge in [-0.3, -0.25) is 0 Å². The van der Waals surface area contributed by atoms with Crippen molar-refractivity contribution in [2.45, 2.75) is 12.5 Å². The number of thiocarbonyl (C=S) groups is 1. The van der Waals surface area contributed by atoms with Crippen molar-refractivity contribution in [3.05, 3.63) is 70.3 Å². The summed E-state index contributed by atoms with van der Waals surface area (Å²) in [5, 5.41) is 8.00. The minimum atomic E-state index is 0.0160. The van der Waals surface area contributed by atoms with Crippen molar-refractivity contribution in [2.75, 3.05) is 0 Å². The first-order valence-electron chi connectivity index (χ1n) is 8.00. The van der Waals surface area contributed by atoms with Crippen molar-refractivity contribution in [1.29, 1.82) is 0 Å². The van der Waals surface area contributed by atoms with Gasteiger partial charge in [0.05, 0.1) is 11.8 Å². The van der Waals surface area contributed by atoms with E-state index in [1.54, 1.807) is 5.01 Å². The summed E-state index contributed by atoms with van der Waals surface area (Å²) >= 11 is 8.74. The highest BCUT2D eigenvalue weighted by Gasteiger charge is 2.32. The maximum Gasteiger partial charge on any atom is 0.187 e. The minimum absolute atomic E-state index is 0.0160. The van der Waals surface area contributed by atoms with E-state index in [0.29, 0.717) is 5.11 Å². The van der Waals surface area contributed by atoms with E-state index in [0.717, 1.165) is 22.2 Å². The van der Waals surface area contributed by atoms with Crippen molar-refractivity contribution in [3.8, 4) is 0 Å². The van der Waals surface area contributed by atoms with Crippen molar-refractivity contribution >= 4 is 49.9 Å². The maximum absolute atomic E-state index is 5.98. The van der Waals surface area contributed by atoms with Crippen molar-refractivity contribution in [2.24, 2.45) is 17.9 Å². The number of nitrogens with zero attached hydrogens (tertiary/aromatic N) is 3. The van der Waals surface area contributed by atoms with Crippen LogP contribution in [0.4, 0.5) is 0 Å². The summed E-state index contributed by atoms with van der Waals surface area (Å²) in [6.45, 7) is 0. The Hall–Kier alpha value is -2.18. The Morgan fingerprint density at radius 3 is 2.64 bits per heavy atom.